The number of hydrogen-bond donors (Lipinski definition) is 0. The highest BCUT2D eigenvalue weighted by Crippen LogP contribution is 2.27. The minimum absolute atomic E-state index is 0.0309. The first-order valence-corrected chi connectivity index (χ1v) is 9.50. The number of sulfone groups is 1. The molecule has 2 aromatic carbocycles. The van der Waals surface area contributed by atoms with Crippen LogP contribution in [-0.2, 0) is 9.84 Å². The first-order valence-electron chi connectivity index (χ1n) is 7.22. The van der Waals surface area contributed by atoms with Crippen LogP contribution in [0.25, 0.3) is 5.69 Å². The molecule has 0 unspecified atom stereocenters. The fourth-order valence-electron chi connectivity index (χ4n) is 2.26. The number of aromatic nitrogens is 2. The third-order valence-electron chi connectivity index (χ3n) is 3.59. The number of ether oxygens (including phenoxy) is 2. The van der Waals surface area contributed by atoms with Crippen molar-refractivity contribution in [3.8, 4) is 17.2 Å². The van der Waals surface area contributed by atoms with Crippen molar-refractivity contribution in [2.75, 3.05) is 14.2 Å². The van der Waals surface area contributed by atoms with Crippen LogP contribution < -0.4 is 9.47 Å². The van der Waals surface area contributed by atoms with Crippen molar-refractivity contribution >= 4 is 25.8 Å². The van der Waals surface area contributed by atoms with Crippen molar-refractivity contribution in [1.82, 2.24) is 9.55 Å². The van der Waals surface area contributed by atoms with Gasteiger partial charge in [0, 0.05) is 28.9 Å². The molecule has 6 nitrogen and oxygen atoms in total. The molecule has 0 spiro atoms. The van der Waals surface area contributed by atoms with Gasteiger partial charge in [0.25, 0.3) is 0 Å². The lowest BCUT2D eigenvalue weighted by Crippen LogP contribution is -2.02. The lowest BCUT2D eigenvalue weighted by atomic mass is 10.3. The van der Waals surface area contributed by atoms with E-state index in [1.807, 2.05) is 0 Å². The summed E-state index contributed by atoms with van der Waals surface area (Å²) in [5, 5.41) is -0.0309. The highest BCUT2D eigenvalue weighted by molar-refractivity contribution is 9.10. The zero-order chi connectivity index (χ0) is 18.0. The van der Waals surface area contributed by atoms with Gasteiger partial charge in [0.05, 0.1) is 24.8 Å². The molecule has 0 fully saturated rings. The number of imidazole rings is 1. The normalized spacial score (nSPS) is 11.3. The molecule has 0 saturated carbocycles. The summed E-state index contributed by atoms with van der Waals surface area (Å²) >= 11 is 3.29. The van der Waals surface area contributed by atoms with Crippen molar-refractivity contribution in [3.63, 3.8) is 0 Å². The summed E-state index contributed by atoms with van der Waals surface area (Å²) in [5.41, 5.74) is 0.681. The largest absolute Gasteiger partial charge is 0.497 e. The molecule has 8 heteroatoms. The van der Waals surface area contributed by atoms with Crippen LogP contribution in [0.5, 0.6) is 11.5 Å². The van der Waals surface area contributed by atoms with Crippen molar-refractivity contribution in [2.24, 2.45) is 0 Å². The summed E-state index contributed by atoms with van der Waals surface area (Å²) in [6, 6.07) is 11.7. The molecule has 3 rings (SSSR count). The molecule has 0 amide bonds. The van der Waals surface area contributed by atoms with Crippen molar-refractivity contribution < 1.29 is 17.9 Å². The molecule has 130 valence electrons. The third-order valence-corrected chi connectivity index (χ3v) is 5.78. The summed E-state index contributed by atoms with van der Waals surface area (Å²) < 4.78 is 38.3. The summed E-state index contributed by atoms with van der Waals surface area (Å²) in [7, 11) is -0.587. The van der Waals surface area contributed by atoms with Crippen LogP contribution in [0.15, 0.2) is 69.4 Å². The lowest BCUT2D eigenvalue weighted by molar-refractivity contribution is 0.394. The Morgan fingerprint density at radius 3 is 2.16 bits per heavy atom. The van der Waals surface area contributed by atoms with E-state index in [1.54, 1.807) is 49.1 Å². The zero-order valence-corrected chi connectivity index (χ0v) is 15.9. The molecule has 0 atom stereocenters. The second kappa shape index (κ2) is 6.89. The lowest BCUT2D eigenvalue weighted by Gasteiger charge is -2.08. The molecule has 0 bridgehead atoms. The molecule has 1 heterocycles. The van der Waals surface area contributed by atoms with Gasteiger partial charge in [-0.3, -0.25) is 0 Å². The SMILES string of the molecule is COc1cc(OC)cc(-n2cnc(S(=O)(=O)c3ccc(Br)cc3)c2)c1. The van der Waals surface area contributed by atoms with E-state index in [-0.39, 0.29) is 9.92 Å². The van der Waals surface area contributed by atoms with Crippen molar-refractivity contribution in [2.45, 2.75) is 9.92 Å². The van der Waals surface area contributed by atoms with E-state index in [2.05, 4.69) is 20.9 Å². The van der Waals surface area contributed by atoms with Crippen LogP contribution in [-0.4, -0.2) is 32.2 Å². The van der Waals surface area contributed by atoms with Crippen LogP contribution in [0.3, 0.4) is 0 Å². The van der Waals surface area contributed by atoms with E-state index >= 15 is 0 Å². The standard InChI is InChI=1S/C17H15BrN2O4S/c1-23-14-7-13(8-15(9-14)24-2)20-10-17(19-11-20)25(21,22)16-5-3-12(18)4-6-16/h3-11H,1-2H3. The van der Waals surface area contributed by atoms with Gasteiger partial charge >= 0.3 is 0 Å². The van der Waals surface area contributed by atoms with Gasteiger partial charge < -0.3 is 14.0 Å². The van der Waals surface area contributed by atoms with Gasteiger partial charge in [-0.2, -0.15) is 0 Å². The van der Waals surface area contributed by atoms with Crippen LogP contribution in [0.4, 0.5) is 0 Å². The number of hydrogen-bond acceptors (Lipinski definition) is 5. The molecule has 0 aliphatic carbocycles. The molecule has 25 heavy (non-hydrogen) atoms. The Morgan fingerprint density at radius 1 is 1.00 bits per heavy atom. The van der Waals surface area contributed by atoms with E-state index < -0.39 is 9.84 Å². The van der Waals surface area contributed by atoms with Crippen molar-refractivity contribution in [3.05, 3.63) is 59.5 Å². The maximum absolute atomic E-state index is 12.7. The number of nitrogens with zero attached hydrogens (tertiary/aromatic N) is 2. The molecule has 0 saturated heterocycles. The van der Waals surface area contributed by atoms with E-state index in [0.29, 0.717) is 17.2 Å². The molecule has 1 aromatic heterocycles. The fraction of sp³-hybridized carbons (Fsp3) is 0.118. The van der Waals surface area contributed by atoms with Crippen LogP contribution in [0, 0.1) is 0 Å². The Bertz CT molecular complexity index is 975. The summed E-state index contributed by atoms with van der Waals surface area (Å²) in [5.74, 6) is 1.20. The second-order valence-corrected chi connectivity index (χ2v) is 7.96. The highest BCUT2D eigenvalue weighted by Gasteiger charge is 2.21. The molecular formula is C17H15BrN2O4S. The van der Waals surface area contributed by atoms with Crippen LogP contribution in [0.2, 0.25) is 0 Å². The van der Waals surface area contributed by atoms with Crippen molar-refractivity contribution in [1.29, 1.82) is 0 Å². The van der Waals surface area contributed by atoms with Gasteiger partial charge in [0.2, 0.25) is 9.84 Å². The number of methoxy groups -OCH3 is 2. The second-order valence-electron chi connectivity index (χ2n) is 5.15. The summed E-state index contributed by atoms with van der Waals surface area (Å²) in [4.78, 5) is 4.24. The third kappa shape index (κ3) is 3.54. The maximum Gasteiger partial charge on any atom is 0.225 e. The minimum Gasteiger partial charge on any atom is -0.497 e. The summed E-state index contributed by atoms with van der Waals surface area (Å²) in [6.45, 7) is 0. The Hall–Kier alpha value is -2.32. The smallest absolute Gasteiger partial charge is 0.225 e. The molecule has 0 radical (unpaired) electrons. The average molecular weight is 423 g/mol. The molecule has 3 aromatic rings. The van der Waals surface area contributed by atoms with E-state index in [9.17, 15) is 8.42 Å². The molecule has 0 aliphatic rings. The quantitative estimate of drug-likeness (QED) is 0.629. The first kappa shape index (κ1) is 17.5. The van der Waals surface area contributed by atoms with Gasteiger partial charge in [0.1, 0.15) is 17.8 Å². The van der Waals surface area contributed by atoms with Gasteiger partial charge in [-0.1, -0.05) is 15.9 Å². The minimum atomic E-state index is -3.69. The Balaban J connectivity index is 2.01. The van der Waals surface area contributed by atoms with Gasteiger partial charge in [-0.05, 0) is 24.3 Å². The molecule has 0 N–H and O–H groups in total. The molecular weight excluding hydrogens is 408 g/mol. The van der Waals surface area contributed by atoms with E-state index in [4.69, 9.17) is 9.47 Å². The van der Waals surface area contributed by atoms with E-state index in [0.717, 1.165) is 4.47 Å². The van der Waals surface area contributed by atoms with E-state index in [1.165, 1.54) is 24.7 Å². The predicted octanol–water partition coefficient (Wildman–Crippen LogP) is 3.48. The van der Waals surface area contributed by atoms with Crippen LogP contribution in [0.1, 0.15) is 0 Å². The fourth-order valence-corrected chi connectivity index (χ4v) is 3.70. The number of benzene rings is 2. The predicted molar refractivity (Wildman–Crippen MR) is 96.3 cm³/mol. The first-order chi connectivity index (χ1) is 11.9. The average Bonchev–Trinajstić information content (AvgIpc) is 3.12. The number of halogens is 1. The van der Waals surface area contributed by atoms with Crippen LogP contribution >= 0.6 is 15.9 Å². The Kier molecular flexibility index (Phi) is 4.82. The zero-order valence-electron chi connectivity index (χ0n) is 13.5. The molecule has 0 aliphatic heterocycles. The highest BCUT2D eigenvalue weighted by atomic mass is 79.9. The number of rotatable bonds is 5. The monoisotopic (exact) mass is 422 g/mol. The summed E-state index contributed by atoms with van der Waals surface area (Å²) in [6.07, 6.45) is 2.91. The Labute approximate surface area is 154 Å². The van der Waals surface area contributed by atoms with Gasteiger partial charge in [0.15, 0.2) is 5.03 Å². The maximum atomic E-state index is 12.7. The topological polar surface area (TPSA) is 70.4 Å². The van der Waals surface area contributed by atoms with Gasteiger partial charge in [-0.15, -0.1) is 0 Å². The Morgan fingerprint density at radius 2 is 1.60 bits per heavy atom. The van der Waals surface area contributed by atoms with Gasteiger partial charge in [-0.25, -0.2) is 13.4 Å².